The van der Waals surface area contributed by atoms with E-state index in [-0.39, 0.29) is 17.8 Å². The summed E-state index contributed by atoms with van der Waals surface area (Å²) in [6.07, 6.45) is 4.77. The van der Waals surface area contributed by atoms with Gasteiger partial charge < -0.3 is 9.64 Å². The molecule has 0 saturated carbocycles. The van der Waals surface area contributed by atoms with Crippen LogP contribution in [0.5, 0.6) is 0 Å². The van der Waals surface area contributed by atoms with Gasteiger partial charge in [-0.2, -0.15) is 0 Å². The zero-order valence-electron chi connectivity index (χ0n) is 16.5. The van der Waals surface area contributed by atoms with Gasteiger partial charge >= 0.3 is 5.97 Å². The molecule has 0 aliphatic carbocycles. The van der Waals surface area contributed by atoms with E-state index in [1.807, 2.05) is 48.4 Å². The molecule has 1 aliphatic heterocycles. The number of imidazole rings is 1. The van der Waals surface area contributed by atoms with Crippen LogP contribution < -0.4 is 0 Å². The summed E-state index contributed by atoms with van der Waals surface area (Å²) in [5.41, 5.74) is 3.12. The van der Waals surface area contributed by atoms with Gasteiger partial charge in [-0.25, -0.2) is 4.98 Å². The fourth-order valence-electron chi connectivity index (χ4n) is 3.81. The van der Waals surface area contributed by atoms with E-state index >= 15 is 0 Å². The largest absolute Gasteiger partial charge is 0.466 e. The topological polar surface area (TPSA) is 63.9 Å². The Hall–Kier alpha value is -2.67. The first-order valence-electron chi connectivity index (χ1n) is 10.1. The number of likely N-dealkylation sites (tertiary alicyclic amines) is 1. The molecule has 1 amide bonds. The lowest BCUT2D eigenvalue weighted by Gasteiger charge is -2.31. The number of thiazole rings is 1. The number of esters is 1. The Balaban J connectivity index is 1.40. The molecule has 0 radical (unpaired) electrons. The molecule has 0 bridgehead atoms. The lowest BCUT2D eigenvalue weighted by Crippen LogP contribution is -2.42. The third-order valence-corrected chi connectivity index (χ3v) is 6.23. The number of carbonyl (C=O) groups excluding carboxylic acids is 2. The number of nitrogens with zero attached hydrogens (tertiary/aromatic N) is 3. The second kappa shape index (κ2) is 8.78. The van der Waals surface area contributed by atoms with Crippen LogP contribution in [0, 0.1) is 5.92 Å². The smallest absolute Gasteiger partial charge is 0.310 e. The summed E-state index contributed by atoms with van der Waals surface area (Å²) in [5.74, 6) is -0.277. The number of benzene rings is 1. The lowest BCUT2D eigenvalue weighted by molar-refractivity contribution is -0.151. The minimum Gasteiger partial charge on any atom is -0.466 e. The molecule has 3 aromatic rings. The monoisotopic (exact) mass is 411 g/mol. The molecule has 1 saturated heterocycles. The van der Waals surface area contributed by atoms with Gasteiger partial charge in [0.15, 0.2) is 4.96 Å². The molecule has 1 fully saturated rings. The van der Waals surface area contributed by atoms with Crippen LogP contribution >= 0.6 is 11.3 Å². The Bertz CT molecular complexity index is 995. The molecule has 1 unspecified atom stereocenters. The summed E-state index contributed by atoms with van der Waals surface area (Å²) in [4.78, 5) is 32.2. The summed E-state index contributed by atoms with van der Waals surface area (Å²) in [6.45, 7) is 3.38. The number of aryl methyl sites for hydroxylation is 1. The summed E-state index contributed by atoms with van der Waals surface area (Å²) < 4.78 is 7.21. The van der Waals surface area contributed by atoms with Gasteiger partial charge in [-0.1, -0.05) is 30.3 Å². The van der Waals surface area contributed by atoms with Crippen molar-refractivity contribution in [2.45, 2.75) is 32.6 Å². The van der Waals surface area contributed by atoms with Crippen LogP contribution in [-0.2, 0) is 20.7 Å². The molecular formula is C22H25N3O3S. The average molecular weight is 412 g/mol. The predicted octanol–water partition coefficient (Wildman–Crippen LogP) is 3.80. The fourth-order valence-corrected chi connectivity index (χ4v) is 4.71. The molecule has 152 valence electrons. The van der Waals surface area contributed by atoms with Crippen LogP contribution in [0.2, 0.25) is 0 Å². The Morgan fingerprint density at radius 3 is 2.90 bits per heavy atom. The second-order valence-corrected chi connectivity index (χ2v) is 8.14. The van der Waals surface area contributed by atoms with Crippen molar-refractivity contribution in [3.8, 4) is 11.3 Å². The van der Waals surface area contributed by atoms with E-state index in [1.54, 1.807) is 11.3 Å². The van der Waals surface area contributed by atoms with Gasteiger partial charge in [0.2, 0.25) is 5.91 Å². The van der Waals surface area contributed by atoms with Gasteiger partial charge in [0.1, 0.15) is 0 Å². The first-order chi connectivity index (χ1) is 14.2. The maximum atomic E-state index is 12.7. The maximum absolute atomic E-state index is 12.7. The Morgan fingerprint density at radius 1 is 1.28 bits per heavy atom. The maximum Gasteiger partial charge on any atom is 0.310 e. The normalized spacial score (nSPS) is 16.9. The molecule has 1 aliphatic rings. The van der Waals surface area contributed by atoms with Crippen molar-refractivity contribution in [3.05, 3.63) is 47.6 Å². The highest BCUT2D eigenvalue weighted by Gasteiger charge is 2.29. The van der Waals surface area contributed by atoms with Gasteiger partial charge in [-0.3, -0.25) is 14.0 Å². The number of hydrogen-bond donors (Lipinski definition) is 0. The van der Waals surface area contributed by atoms with Crippen molar-refractivity contribution in [1.29, 1.82) is 0 Å². The molecule has 0 spiro atoms. The van der Waals surface area contributed by atoms with Crippen molar-refractivity contribution in [2.24, 2.45) is 5.92 Å². The summed E-state index contributed by atoms with van der Waals surface area (Å²) >= 11 is 1.59. The second-order valence-electron chi connectivity index (χ2n) is 7.30. The van der Waals surface area contributed by atoms with Crippen molar-refractivity contribution >= 4 is 28.2 Å². The quantitative estimate of drug-likeness (QED) is 0.579. The van der Waals surface area contributed by atoms with Crippen molar-refractivity contribution in [1.82, 2.24) is 14.3 Å². The van der Waals surface area contributed by atoms with Crippen LogP contribution in [0.4, 0.5) is 0 Å². The fraction of sp³-hybridized carbons (Fsp3) is 0.409. The predicted molar refractivity (Wildman–Crippen MR) is 113 cm³/mol. The van der Waals surface area contributed by atoms with Crippen LogP contribution in [0.3, 0.4) is 0 Å². The molecule has 2 aromatic heterocycles. The van der Waals surface area contributed by atoms with E-state index in [4.69, 9.17) is 9.72 Å². The number of rotatable bonds is 6. The number of aromatic nitrogens is 2. The molecule has 4 rings (SSSR count). The Morgan fingerprint density at radius 2 is 2.10 bits per heavy atom. The summed E-state index contributed by atoms with van der Waals surface area (Å²) in [7, 11) is 0. The van der Waals surface area contributed by atoms with E-state index in [2.05, 4.69) is 9.78 Å². The number of piperidine rings is 1. The van der Waals surface area contributed by atoms with Crippen LogP contribution in [-0.4, -0.2) is 45.9 Å². The summed E-state index contributed by atoms with van der Waals surface area (Å²) in [6, 6.07) is 10.1. The molecule has 3 heterocycles. The van der Waals surface area contributed by atoms with Gasteiger partial charge in [-0.15, -0.1) is 11.3 Å². The lowest BCUT2D eigenvalue weighted by atomic mass is 9.98. The highest BCUT2D eigenvalue weighted by Crippen LogP contribution is 2.25. The van der Waals surface area contributed by atoms with Crippen molar-refractivity contribution in [3.63, 3.8) is 0 Å². The highest BCUT2D eigenvalue weighted by atomic mass is 32.1. The third-order valence-electron chi connectivity index (χ3n) is 5.34. The number of fused-ring (bicyclic) bond motifs is 1. The van der Waals surface area contributed by atoms with E-state index in [0.717, 1.165) is 41.3 Å². The first kappa shape index (κ1) is 19.6. The molecule has 6 nitrogen and oxygen atoms in total. The Kier molecular flexibility index (Phi) is 5.94. The number of amides is 1. The minimum absolute atomic E-state index is 0.0988. The molecule has 0 N–H and O–H groups in total. The zero-order valence-corrected chi connectivity index (χ0v) is 17.4. The van der Waals surface area contributed by atoms with Crippen LogP contribution in [0.25, 0.3) is 16.2 Å². The third kappa shape index (κ3) is 4.34. The van der Waals surface area contributed by atoms with Crippen molar-refractivity contribution < 1.29 is 14.3 Å². The van der Waals surface area contributed by atoms with Gasteiger partial charge in [-0.05, 0) is 26.2 Å². The number of hydrogen-bond acceptors (Lipinski definition) is 5. The van der Waals surface area contributed by atoms with E-state index < -0.39 is 0 Å². The van der Waals surface area contributed by atoms with E-state index in [0.29, 0.717) is 26.0 Å². The zero-order chi connectivity index (χ0) is 20.2. The highest BCUT2D eigenvalue weighted by molar-refractivity contribution is 7.15. The minimum atomic E-state index is -0.192. The first-order valence-corrected chi connectivity index (χ1v) is 11.0. The van der Waals surface area contributed by atoms with Crippen LogP contribution in [0.15, 0.2) is 41.9 Å². The molecular weight excluding hydrogens is 386 g/mol. The van der Waals surface area contributed by atoms with Gasteiger partial charge in [0, 0.05) is 42.3 Å². The standard InChI is InChI=1S/C22H25N3O3S/c1-2-28-21(27)17-9-6-12-24(13-17)20(26)11-10-18-15-29-22-23-19(14-25(18)22)16-7-4-3-5-8-16/h3-5,7-8,14-15,17H,2,6,9-13H2,1H3. The van der Waals surface area contributed by atoms with E-state index in [9.17, 15) is 9.59 Å². The van der Waals surface area contributed by atoms with Crippen LogP contribution in [0.1, 0.15) is 31.9 Å². The molecule has 7 heteroatoms. The number of carbonyl (C=O) groups is 2. The average Bonchev–Trinajstić information content (AvgIpc) is 3.34. The molecule has 1 aromatic carbocycles. The SMILES string of the molecule is CCOC(=O)C1CCCN(C(=O)CCc2csc3nc(-c4ccccc4)cn23)C1. The number of ether oxygens (including phenoxy) is 1. The molecule has 1 atom stereocenters. The molecule has 29 heavy (non-hydrogen) atoms. The van der Waals surface area contributed by atoms with Crippen molar-refractivity contribution in [2.75, 3.05) is 19.7 Å². The Labute approximate surface area is 174 Å². The van der Waals surface area contributed by atoms with Gasteiger partial charge in [0.05, 0.1) is 18.2 Å². The summed E-state index contributed by atoms with van der Waals surface area (Å²) in [5, 5.41) is 2.07. The van der Waals surface area contributed by atoms with Gasteiger partial charge in [0.25, 0.3) is 0 Å². The van der Waals surface area contributed by atoms with E-state index in [1.165, 1.54) is 0 Å².